The Hall–Kier alpha value is -3.84. The van der Waals surface area contributed by atoms with Gasteiger partial charge in [0.15, 0.2) is 0 Å². The Labute approximate surface area is 218 Å². The van der Waals surface area contributed by atoms with Gasteiger partial charge >= 0.3 is 0 Å². The molecule has 192 valence electrons. The van der Waals surface area contributed by atoms with Crippen molar-refractivity contribution in [3.05, 3.63) is 84.4 Å². The molecule has 0 unspecified atom stereocenters. The van der Waals surface area contributed by atoms with Gasteiger partial charge in [-0.25, -0.2) is 0 Å². The van der Waals surface area contributed by atoms with Crippen LogP contribution in [-0.2, 0) is 9.59 Å². The molecule has 2 amide bonds. The highest BCUT2D eigenvalue weighted by Crippen LogP contribution is 2.41. The normalized spacial score (nSPS) is 20.5. The van der Waals surface area contributed by atoms with Gasteiger partial charge in [0.1, 0.15) is 5.75 Å². The van der Waals surface area contributed by atoms with Crippen molar-refractivity contribution in [2.45, 2.75) is 18.9 Å². The number of carbonyl (C=O) groups is 2. The molecule has 0 saturated carbocycles. The second kappa shape index (κ2) is 11.0. The molecule has 37 heavy (non-hydrogen) atoms. The van der Waals surface area contributed by atoms with Crippen molar-refractivity contribution in [1.29, 1.82) is 0 Å². The van der Waals surface area contributed by atoms with Crippen LogP contribution in [0.2, 0.25) is 0 Å². The monoisotopic (exact) mass is 498 g/mol. The Morgan fingerprint density at radius 1 is 0.892 bits per heavy atom. The summed E-state index contributed by atoms with van der Waals surface area (Å²) in [5.74, 6) is 0.268. The zero-order valence-corrected chi connectivity index (χ0v) is 21.5. The number of piperidine rings is 1. The predicted molar refractivity (Wildman–Crippen MR) is 147 cm³/mol. The Balaban J connectivity index is 1.46. The summed E-state index contributed by atoms with van der Waals surface area (Å²) in [6.45, 7) is 3.80. The van der Waals surface area contributed by atoms with Gasteiger partial charge in [0.25, 0.3) is 0 Å². The van der Waals surface area contributed by atoms with E-state index in [0.717, 1.165) is 54.6 Å². The topological polar surface area (TPSA) is 65.1 Å². The average molecular weight is 499 g/mol. The third-order valence-corrected chi connectivity index (χ3v) is 7.43. The summed E-state index contributed by atoms with van der Waals surface area (Å²) >= 11 is 0. The lowest BCUT2D eigenvalue weighted by molar-refractivity contribution is -0.125. The van der Waals surface area contributed by atoms with Gasteiger partial charge in [-0.1, -0.05) is 42.5 Å². The van der Waals surface area contributed by atoms with Crippen LogP contribution >= 0.6 is 0 Å². The third kappa shape index (κ3) is 5.32. The number of hydrogen-bond acceptors (Lipinski definition) is 5. The van der Waals surface area contributed by atoms with Crippen molar-refractivity contribution in [3.8, 4) is 5.75 Å². The molecule has 2 saturated heterocycles. The molecule has 2 aliphatic heterocycles. The molecule has 7 nitrogen and oxygen atoms in total. The van der Waals surface area contributed by atoms with Crippen LogP contribution in [0.5, 0.6) is 5.75 Å². The number of rotatable bonds is 6. The summed E-state index contributed by atoms with van der Waals surface area (Å²) in [7, 11) is 3.75. The number of amides is 2. The number of para-hydroxylation sites is 2. The highest BCUT2D eigenvalue weighted by atomic mass is 16.5. The van der Waals surface area contributed by atoms with E-state index in [-0.39, 0.29) is 11.8 Å². The van der Waals surface area contributed by atoms with Gasteiger partial charge in [-0.15, -0.1) is 0 Å². The summed E-state index contributed by atoms with van der Waals surface area (Å²) in [6.07, 6.45) is 0.807. The van der Waals surface area contributed by atoms with Gasteiger partial charge in [0.2, 0.25) is 11.8 Å². The van der Waals surface area contributed by atoms with E-state index in [0.29, 0.717) is 12.8 Å². The summed E-state index contributed by atoms with van der Waals surface area (Å²) in [5, 5.41) is 3.24. The molecule has 3 aromatic carbocycles. The van der Waals surface area contributed by atoms with Crippen LogP contribution in [0, 0.1) is 5.92 Å². The van der Waals surface area contributed by atoms with E-state index >= 15 is 0 Å². The first-order valence-electron chi connectivity index (χ1n) is 12.9. The number of likely N-dealkylation sites (N-methyl/N-ethyl adjacent to an activating group) is 1. The molecule has 0 bridgehead atoms. The van der Waals surface area contributed by atoms with Crippen LogP contribution in [0.15, 0.2) is 78.9 Å². The number of nitrogens with one attached hydrogen (secondary N) is 1. The maximum atomic E-state index is 13.9. The van der Waals surface area contributed by atoms with Crippen molar-refractivity contribution in [2.24, 2.45) is 5.92 Å². The van der Waals surface area contributed by atoms with Gasteiger partial charge in [0, 0.05) is 38.3 Å². The van der Waals surface area contributed by atoms with E-state index in [9.17, 15) is 9.59 Å². The maximum Gasteiger partial charge on any atom is 0.230 e. The molecule has 2 aliphatic rings. The van der Waals surface area contributed by atoms with Crippen molar-refractivity contribution in [2.75, 3.05) is 55.5 Å². The molecule has 0 aliphatic carbocycles. The van der Waals surface area contributed by atoms with Crippen LogP contribution in [0.1, 0.15) is 24.4 Å². The van der Waals surface area contributed by atoms with Crippen LogP contribution in [0.25, 0.3) is 0 Å². The molecular weight excluding hydrogens is 464 g/mol. The second-order valence-corrected chi connectivity index (χ2v) is 9.76. The Morgan fingerprint density at radius 2 is 1.57 bits per heavy atom. The summed E-state index contributed by atoms with van der Waals surface area (Å²) in [5.41, 5.74) is 3.56. The average Bonchev–Trinajstić information content (AvgIpc) is 2.94. The number of ether oxygens (including phenoxy) is 1. The number of carbonyl (C=O) groups excluding carboxylic acids is 2. The zero-order valence-electron chi connectivity index (χ0n) is 21.5. The first-order chi connectivity index (χ1) is 18.0. The fraction of sp³-hybridized carbons (Fsp3) is 0.333. The van der Waals surface area contributed by atoms with Gasteiger partial charge in [-0.2, -0.15) is 0 Å². The number of piperazine rings is 1. The molecule has 2 fully saturated rings. The van der Waals surface area contributed by atoms with Crippen LogP contribution in [0.3, 0.4) is 0 Å². The first-order valence-corrected chi connectivity index (χ1v) is 12.9. The van der Waals surface area contributed by atoms with E-state index in [1.807, 2.05) is 72.8 Å². The number of benzene rings is 3. The summed E-state index contributed by atoms with van der Waals surface area (Å²) in [4.78, 5) is 33.7. The van der Waals surface area contributed by atoms with Gasteiger partial charge in [-0.05, 0) is 55.4 Å². The van der Waals surface area contributed by atoms with Crippen LogP contribution < -0.4 is 19.9 Å². The minimum absolute atomic E-state index is 0.0147. The Bertz CT molecular complexity index is 1220. The standard InChI is InChI=1S/C30H34N4O3/c1-32-18-20-33(21-19-32)27-11-7-6-10-26(27)31-30(36)25-16-17-28(35)34(23-12-14-24(37-2)15-13-23)29(25)22-8-4-3-5-9-22/h3-15,25,29H,16-21H2,1-2H3,(H,31,36)/t25-,29+/m1/s1. The predicted octanol–water partition coefficient (Wildman–Crippen LogP) is 4.57. The lowest BCUT2D eigenvalue weighted by Gasteiger charge is -2.41. The van der Waals surface area contributed by atoms with E-state index in [4.69, 9.17) is 4.74 Å². The van der Waals surface area contributed by atoms with Crippen molar-refractivity contribution >= 4 is 28.9 Å². The second-order valence-electron chi connectivity index (χ2n) is 9.76. The third-order valence-electron chi connectivity index (χ3n) is 7.43. The Kier molecular flexibility index (Phi) is 7.42. The molecule has 0 radical (unpaired) electrons. The molecule has 2 heterocycles. The van der Waals surface area contributed by atoms with Crippen LogP contribution in [0.4, 0.5) is 17.1 Å². The molecule has 0 spiro atoms. The number of hydrogen-bond donors (Lipinski definition) is 1. The smallest absolute Gasteiger partial charge is 0.230 e. The molecule has 3 aromatic rings. The van der Waals surface area contributed by atoms with Gasteiger partial charge < -0.3 is 24.8 Å². The molecule has 5 rings (SSSR count). The fourth-order valence-electron chi connectivity index (χ4n) is 5.37. The van der Waals surface area contributed by atoms with E-state index < -0.39 is 12.0 Å². The van der Waals surface area contributed by atoms with E-state index in [1.54, 1.807) is 12.0 Å². The van der Waals surface area contributed by atoms with Crippen molar-refractivity contribution in [3.63, 3.8) is 0 Å². The van der Waals surface area contributed by atoms with Crippen molar-refractivity contribution < 1.29 is 14.3 Å². The fourth-order valence-corrected chi connectivity index (χ4v) is 5.37. The van der Waals surface area contributed by atoms with Crippen molar-refractivity contribution in [1.82, 2.24) is 4.90 Å². The zero-order chi connectivity index (χ0) is 25.8. The number of methoxy groups -OCH3 is 1. The van der Waals surface area contributed by atoms with Gasteiger partial charge in [0.05, 0.1) is 30.4 Å². The quantitative estimate of drug-likeness (QED) is 0.539. The minimum atomic E-state index is -0.411. The molecule has 2 atom stereocenters. The van der Waals surface area contributed by atoms with Gasteiger partial charge in [-0.3, -0.25) is 9.59 Å². The highest BCUT2D eigenvalue weighted by Gasteiger charge is 2.41. The molecule has 1 N–H and O–H groups in total. The minimum Gasteiger partial charge on any atom is -0.497 e. The summed E-state index contributed by atoms with van der Waals surface area (Å²) < 4.78 is 5.31. The molecule has 0 aromatic heterocycles. The van der Waals surface area contributed by atoms with E-state index in [2.05, 4.69) is 28.2 Å². The van der Waals surface area contributed by atoms with Crippen LogP contribution in [-0.4, -0.2) is 57.1 Å². The van der Waals surface area contributed by atoms with E-state index in [1.165, 1.54) is 0 Å². The largest absolute Gasteiger partial charge is 0.497 e. The highest BCUT2D eigenvalue weighted by molar-refractivity contribution is 6.01. The number of nitrogens with zero attached hydrogens (tertiary/aromatic N) is 3. The molecular formula is C30H34N4O3. The SMILES string of the molecule is COc1ccc(N2C(=O)CC[C@@H](C(=O)Nc3ccccc3N3CCN(C)CC3)[C@@H]2c2ccccc2)cc1. The lowest BCUT2D eigenvalue weighted by atomic mass is 9.83. The Morgan fingerprint density at radius 3 is 2.27 bits per heavy atom. The lowest BCUT2D eigenvalue weighted by Crippen LogP contribution is -2.47. The maximum absolute atomic E-state index is 13.9. The summed E-state index contributed by atoms with van der Waals surface area (Å²) in [6, 6.07) is 24.9. The number of anilines is 3. The first kappa shape index (κ1) is 24.8. The molecule has 7 heteroatoms.